The standard InChI is InChI=1S/C17H26ClNO2.K.H/c1-4-11-21-12-10-19(16(20)13-18)17-14(5-2)8-7-9-15(17)6-3;;/h7-9H,4-6,10-13H2,1-3H3;;/q;+1;-1. The minimum atomic E-state index is -0.0626. The number of carbonyl (C=O) groups excluding carboxylic acids is 1. The molecule has 0 N–H and O–H groups in total. The van der Waals surface area contributed by atoms with Gasteiger partial charge >= 0.3 is 51.4 Å². The number of hydrogen-bond donors (Lipinski definition) is 0. The summed E-state index contributed by atoms with van der Waals surface area (Å²) in [6.07, 6.45) is 2.77. The molecule has 1 aromatic rings. The fraction of sp³-hybridized carbons (Fsp3) is 0.588. The van der Waals surface area contributed by atoms with Gasteiger partial charge < -0.3 is 11.1 Å². The summed E-state index contributed by atoms with van der Waals surface area (Å²) in [5.74, 6) is -0.0676. The van der Waals surface area contributed by atoms with E-state index in [-0.39, 0.29) is 64.6 Å². The van der Waals surface area contributed by atoms with Gasteiger partial charge in [-0.2, -0.15) is 0 Å². The molecular formula is C17H27ClKNO2. The van der Waals surface area contributed by atoms with Gasteiger partial charge in [0.25, 0.3) is 0 Å². The van der Waals surface area contributed by atoms with E-state index in [0.717, 1.165) is 31.6 Å². The normalized spacial score (nSPS) is 10.2. The molecule has 0 aliphatic heterocycles. The van der Waals surface area contributed by atoms with Crippen molar-refractivity contribution in [3.63, 3.8) is 0 Å². The Hall–Kier alpha value is 0.576. The molecule has 0 heterocycles. The van der Waals surface area contributed by atoms with Crippen molar-refractivity contribution in [3.8, 4) is 0 Å². The average Bonchev–Trinajstić information content (AvgIpc) is 2.53. The van der Waals surface area contributed by atoms with E-state index in [0.29, 0.717) is 13.2 Å². The molecule has 0 aliphatic carbocycles. The summed E-state index contributed by atoms with van der Waals surface area (Å²) >= 11 is 5.80. The van der Waals surface area contributed by atoms with Crippen LogP contribution in [-0.4, -0.2) is 31.5 Å². The number of benzene rings is 1. The van der Waals surface area contributed by atoms with Crippen LogP contribution in [0, 0.1) is 0 Å². The van der Waals surface area contributed by atoms with E-state index in [2.05, 4.69) is 39.0 Å². The number of anilines is 1. The van der Waals surface area contributed by atoms with Crippen molar-refractivity contribution in [1.29, 1.82) is 0 Å². The molecule has 0 saturated heterocycles. The fourth-order valence-electron chi connectivity index (χ4n) is 2.40. The molecule has 0 saturated carbocycles. The summed E-state index contributed by atoms with van der Waals surface area (Å²) in [7, 11) is 0. The topological polar surface area (TPSA) is 29.5 Å². The van der Waals surface area contributed by atoms with Crippen LogP contribution in [0.3, 0.4) is 0 Å². The predicted molar refractivity (Wildman–Crippen MR) is 90.5 cm³/mol. The number of nitrogens with zero attached hydrogens (tertiary/aromatic N) is 1. The predicted octanol–water partition coefficient (Wildman–Crippen LogP) is 0.926. The minimum absolute atomic E-state index is 0. The first-order valence-electron chi connectivity index (χ1n) is 7.74. The second kappa shape index (κ2) is 12.9. The van der Waals surface area contributed by atoms with E-state index < -0.39 is 0 Å². The summed E-state index contributed by atoms with van der Waals surface area (Å²) in [6, 6.07) is 6.21. The molecule has 0 radical (unpaired) electrons. The van der Waals surface area contributed by atoms with Gasteiger partial charge in [-0.15, -0.1) is 11.6 Å². The van der Waals surface area contributed by atoms with Crippen molar-refractivity contribution < 1.29 is 62.3 Å². The van der Waals surface area contributed by atoms with E-state index >= 15 is 0 Å². The molecule has 1 amide bonds. The molecule has 0 aromatic heterocycles. The van der Waals surface area contributed by atoms with Gasteiger partial charge in [0, 0.05) is 13.2 Å². The Labute approximate surface area is 183 Å². The Kier molecular flexibility index (Phi) is 13.3. The zero-order valence-corrected chi connectivity index (χ0v) is 18.2. The van der Waals surface area contributed by atoms with Crippen molar-refractivity contribution in [2.75, 3.05) is 30.5 Å². The molecule has 1 aromatic carbocycles. The van der Waals surface area contributed by atoms with Crippen molar-refractivity contribution in [2.24, 2.45) is 0 Å². The fourth-order valence-corrected chi connectivity index (χ4v) is 2.54. The van der Waals surface area contributed by atoms with Crippen LogP contribution in [0.5, 0.6) is 0 Å². The van der Waals surface area contributed by atoms with Gasteiger partial charge in [-0.1, -0.05) is 39.0 Å². The van der Waals surface area contributed by atoms with Gasteiger partial charge in [0.15, 0.2) is 0 Å². The molecule has 0 fully saturated rings. The molecule has 0 aliphatic rings. The summed E-state index contributed by atoms with van der Waals surface area (Å²) in [4.78, 5) is 14.0. The Morgan fingerprint density at radius 2 is 1.77 bits per heavy atom. The van der Waals surface area contributed by atoms with Crippen LogP contribution in [0.15, 0.2) is 18.2 Å². The molecule has 22 heavy (non-hydrogen) atoms. The molecule has 120 valence electrons. The van der Waals surface area contributed by atoms with Gasteiger partial charge in [0.05, 0.1) is 12.3 Å². The second-order valence-electron chi connectivity index (χ2n) is 4.92. The van der Waals surface area contributed by atoms with Gasteiger partial charge in [0.1, 0.15) is 5.88 Å². The number of alkyl halides is 1. The Balaban J connectivity index is 0. The van der Waals surface area contributed by atoms with Crippen LogP contribution >= 0.6 is 11.6 Å². The van der Waals surface area contributed by atoms with Crippen LogP contribution in [0.4, 0.5) is 5.69 Å². The number of para-hydroxylation sites is 1. The van der Waals surface area contributed by atoms with Crippen LogP contribution in [-0.2, 0) is 22.4 Å². The molecule has 0 atom stereocenters. The molecule has 0 unspecified atom stereocenters. The van der Waals surface area contributed by atoms with E-state index in [1.165, 1.54) is 11.1 Å². The van der Waals surface area contributed by atoms with E-state index in [9.17, 15) is 4.79 Å². The first kappa shape index (κ1) is 22.6. The third-order valence-corrected chi connectivity index (χ3v) is 3.69. The number of hydrogen-bond acceptors (Lipinski definition) is 2. The summed E-state index contributed by atoms with van der Waals surface area (Å²) < 4.78 is 5.54. The summed E-state index contributed by atoms with van der Waals surface area (Å²) in [5.41, 5.74) is 3.39. The number of halogens is 1. The molecule has 3 nitrogen and oxygen atoms in total. The summed E-state index contributed by atoms with van der Waals surface area (Å²) in [5, 5.41) is 0. The largest absolute Gasteiger partial charge is 1.00 e. The number of ether oxygens (including phenoxy) is 1. The SMILES string of the molecule is CCCOCCN(C(=O)CCl)c1c(CC)cccc1CC.[H-].[K+]. The zero-order valence-electron chi connectivity index (χ0n) is 15.3. The van der Waals surface area contributed by atoms with Crippen molar-refractivity contribution in [3.05, 3.63) is 29.3 Å². The maximum atomic E-state index is 12.3. The molecule has 1 rings (SSSR count). The number of rotatable bonds is 9. The van der Waals surface area contributed by atoms with E-state index in [1.54, 1.807) is 4.90 Å². The van der Waals surface area contributed by atoms with Gasteiger partial charge in [-0.3, -0.25) is 4.79 Å². The van der Waals surface area contributed by atoms with Crippen LogP contribution < -0.4 is 56.3 Å². The van der Waals surface area contributed by atoms with Crippen LogP contribution in [0.2, 0.25) is 0 Å². The third-order valence-electron chi connectivity index (χ3n) is 3.46. The average molecular weight is 352 g/mol. The zero-order chi connectivity index (χ0) is 15.7. The Morgan fingerprint density at radius 3 is 2.23 bits per heavy atom. The quantitative estimate of drug-likeness (QED) is 0.376. The van der Waals surface area contributed by atoms with Crippen molar-refractivity contribution in [2.45, 2.75) is 40.0 Å². The smallest absolute Gasteiger partial charge is 1.00 e. The molecule has 0 bridgehead atoms. The Bertz CT molecular complexity index is 438. The van der Waals surface area contributed by atoms with Crippen LogP contribution in [0.1, 0.15) is 39.7 Å². The van der Waals surface area contributed by atoms with Gasteiger partial charge in [0.2, 0.25) is 5.91 Å². The molecule has 0 spiro atoms. The monoisotopic (exact) mass is 351 g/mol. The molecule has 5 heteroatoms. The number of amides is 1. The maximum Gasteiger partial charge on any atom is 1.00 e. The summed E-state index contributed by atoms with van der Waals surface area (Å²) in [6.45, 7) is 8.10. The molecular weight excluding hydrogens is 325 g/mol. The van der Waals surface area contributed by atoms with Gasteiger partial charge in [-0.05, 0) is 30.4 Å². The minimum Gasteiger partial charge on any atom is -1.00 e. The van der Waals surface area contributed by atoms with E-state index in [4.69, 9.17) is 16.3 Å². The first-order valence-corrected chi connectivity index (χ1v) is 8.27. The van der Waals surface area contributed by atoms with Crippen molar-refractivity contribution in [1.82, 2.24) is 0 Å². The second-order valence-corrected chi connectivity index (χ2v) is 5.19. The van der Waals surface area contributed by atoms with Crippen molar-refractivity contribution >= 4 is 23.2 Å². The number of aryl methyl sites for hydroxylation is 2. The number of carbonyl (C=O) groups is 1. The van der Waals surface area contributed by atoms with Gasteiger partial charge in [-0.25, -0.2) is 0 Å². The first-order chi connectivity index (χ1) is 10.2. The third kappa shape index (κ3) is 6.60. The van der Waals surface area contributed by atoms with Crippen LogP contribution in [0.25, 0.3) is 0 Å². The van der Waals surface area contributed by atoms with E-state index in [1.807, 2.05) is 0 Å². The Morgan fingerprint density at radius 1 is 1.18 bits per heavy atom. The maximum absolute atomic E-state index is 12.3.